The number of anilines is 1. The Kier molecular flexibility index (Phi) is 5.98. The van der Waals surface area contributed by atoms with Gasteiger partial charge in [-0.2, -0.15) is 0 Å². The molecule has 0 spiro atoms. The summed E-state index contributed by atoms with van der Waals surface area (Å²) in [6.07, 6.45) is 3.23. The lowest BCUT2D eigenvalue weighted by Gasteiger charge is -2.32. The van der Waals surface area contributed by atoms with Gasteiger partial charge in [0, 0.05) is 26.2 Å². The van der Waals surface area contributed by atoms with E-state index in [-0.39, 0.29) is 18.5 Å². The molecule has 1 aromatic carbocycles. The molecule has 2 heterocycles. The Morgan fingerprint density at radius 2 is 1.74 bits per heavy atom. The highest BCUT2D eigenvalue weighted by Gasteiger charge is 2.29. The van der Waals surface area contributed by atoms with Crippen molar-refractivity contribution in [2.45, 2.75) is 32.6 Å². The molecular weight excluding hydrogens is 346 g/mol. The summed E-state index contributed by atoms with van der Waals surface area (Å²) in [5, 5.41) is 12.0. The molecule has 2 aliphatic rings. The first-order valence-corrected chi connectivity index (χ1v) is 9.62. The Labute approximate surface area is 159 Å². The number of rotatable bonds is 3. The first kappa shape index (κ1) is 19.2. The lowest BCUT2D eigenvalue weighted by atomic mass is 9.98. The number of nitrogens with one attached hydrogen (secondary N) is 1. The summed E-state index contributed by atoms with van der Waals surface area (Å²) in [6, 6.07) is 6.66. The molecule has 2 fully saturated rings. The van der Waals surface area contributed by atoms with E-state index in [1.165, 1.54) is 4.90 Å². The summed E-state index contributed by atoms with van der Waals surface area (Å²) in [6.45, 7) is 4.37. The summed E-state index contributed by atoms with van der Waals surface area (Å²) in [7, 11) is 0. The normalized spacial score (nSPS) is 21.0. The zero-order valence-electron chi connectivity index (χ0n) is 15.7. The van der Waals surface area contributed by atoms with Crippen molar-refractivity contribution < 1.29 is 19.5 Å². The van der Waals surface area contributed by atoms with E-state index in [2.05, 4.69) is 12.2 Å². The highest BCUT2D eigenvalue weighted by atomic mass is 16.4. The van der Waals surface area contributed by atoms with Crippen LogP contribution >= 0.6 is 0 Å². The summed E-state index contributed by atoms with van der Waals surface area (Å²) >= 11 is 0. The van der Waals surface area contributed by atoms with Gasteiger partial charge in [-0.15, -0.1) is 0 Å². The summed E-state index contributed by atoms with van der Waals surface area (Å²) in [4.78, 5) is 40.1. The molecule has 0 bridgehead atoms. The number of amides is 3. The second-order valence-corrected chi connectivity index (χ2v) is 7.57. The number of urea groups is 1. The highest BCUT2D eigenvalue weighted by Crippen LogP contribution is 2.23. The molecule has 3 rings (SSSR count). The quantitative estimate of drug-likeness (QED) is 0.852. The Morgan fingerprint density at radius 3 is 2.44 bits per heavy atom. The molecule has 2 saturated heterocycles. The van der Waals surface area contributed by atoms with Crippen LogP contribution in [-0.2, 0) is 4.79 Å². The summed E-state index contributed by atoms with van der Waals surface area (Å²) in [5.74, 6) is -0.843. The van der Waals surface area contributed by atoms with E-state index >= 15 is 0 Å². The summed E-state index contributed by atoms with van der Waals surface area (Å²) in [5.41, 5.74) is 0.954. The topological polar surface area (TPSA) is 90.0 Å². The molecule has 0 aromatic heterocycles. The number of carboxylic acids is 1. The first-order chi connectivity index (χ1) is 13.0. The molecule has 2 N–H and O–H groups in total. The van der Waals surface area contributed by atoms with Crippen LogP contribution in [0.2, 0.25) is 0 Å². The van der Waals surface area contributed by atoms with E-state index in [1.54, 1.807) is 24.3 Å². The van der Waals surface area contributed by atoms with Crippen LogP contribution in [0, 0.1) is 11.8 Å². The van der Waals surface area contributed by atoms with Gasteiger partial charge in [0.2, 0.25) is 0 Å². The molecule has 7 heteroatoms. The van der Waals surface area contributed by atoms with Gasteiger partial charge in [-0.3, -0.25) is 9.59 Å². The molecule has 1 atom stereocenters. The van der Waals surface area contributed by atoms with Crippen molar-refractivity contribution in [3.63, 3.8) is 0 Å². The maximum Gasteiger partial charge on any atom is 0.321 e. The molecule has 146 valence electrons. The monoisotopic (exact) mass is 373 g/mol. The van der Waals surface area contributed by atoms with Gasteiger partial charge < -0.3 is 20.2 Å². The van der Waals surface area contributed by atoms with Crippen molar-refractivity contribution in [1.82, 2.24) is 9.80 Å². The standard InChI is InChI=1S/C20H27N3O4/c1-14-8-11-22(12-9-14)18(24)16-6-2-3-7-17(16)21-20(27)23-10-4-5-15(13-23)19(25)26/h2-3,6-7,14-15H,4-5,8-13H2,1H3,(H,21,27)(H,25,26). The van der Waals surface area contributed by atoms with Crippen molar-refractivity contribution >= 4 is 23.6 Å². The van der Waals surface area contributed by atoms with E-state index in [1.807, 2.05) is 4.90 Å². The van der Waals surface area contributed by atoms with Gasteiger partial charge in [0.1, 0.15) is 0 Å². The van der Waals surface area contributed by atoms with Gasteiger partial charge in [0.25, 0.3) is 5.91 Å². The number of carbonyl (C=O) groups is 3. The minimum absolute atomic E-state index is 0.0696. The second kappa shape index (κ2) is 8.41. The van der Waals surface area contributed by atoms with E-state index in [9.17, 15) is 19.5 Å². The number of carboxylic acid groups (broad SMARTS) is 1. The number of nitrogens with zero attached hydrogens (tertiary/aromatic N) is 2. The zero-order chi connectivity index (χ0) is 19.4. The van der Waals surface area contributed by atoms with Crippen LogP contribution in [0.1, 0.15) is 43.0 Å². The number of benzene rings is 1. The minimum Gasteiger partial charge on any atom is -0.481 e. The third-order valence-electron chi connectivity index (χ3n) is 5.53. The average Bonchev–Trinajstić information content (AvgIpc) is 2.68. The van der Waals surface area contributed by atoms with Crippen LogP contribution < -0.4 is 5.32 Å². The van der Waals surface area contributed by atoms with Crippen LogP contribution in [0.5, 0.6) is 0 Å². The maximum atomic E-state index is 12.9. The lowest BCUT2D eigenvalue weighted by molar-refractivity contribution is -0.143. The van der Waals surface area contributed by atoms with Crippen molar-refractivity contribution in [1.29, 1.82) is 0 Å². The fourth-order valence-corrected chi connectivity index (χ4v) is 3.72. The maximum absolute atomic E-state index is 12.9. The minimum atomic E-state index is -0.873. The van der Waals surface area contributed by atoms with E-state index in [0.717, 1.165) is 25.9 Å². The van der Waals surface area contributed by atoms with Crippen molar-refractivity contribution in [2.75, 3.05) is 31.5 Å². The number of hydrogen-bond donors (Lipinski definition) is 2. The van der Waals surface area contributed by atoms with Gasteiger partial charge in [-0.1, -0.05) is 19.1 Å². The third-order valence-corrected chi connectivity index (χ3v) is 5.53. The fourth-order valence-electron chi connectivity index (χ4n) is 3.72. The predicted molar refractivity (Wildman–Crippen MR) is 102 cm³/mol. The van der Waals surface area contributed by atoms with E-state index < -0.39 is 11.9 Å². The van der Waals surface area contributed by atoms with Crippen LogP contribution in [0.25, 0.3) is 0 Å². The van der Waals surface area contributed by atoms with Gasteiger partial charge in [0.05, 0.1) is 17.2 Å². The smallest absolute Gasteiger partial charge is 0.321 e. The Morgan fingerprint density at radius 1 is 1.04 bits per heavy atom. The second-order valence-electron chi connectivity index (χ2n) is 7.57. The van der Waals surface area contributed by atoms with Crippen LogP contribution in [-0.4, -0.2) is 59.0 Å². The molecule has 27 heavy (non-hydrogen) atoms. The summed E-state index contributed by atoms with van der Waals surface area (Å²) < 4.78 is 0. The van der Waals surface area contributed by atoms with Gasteiger partial charge in [-0.25, -0.2) is 4.79 Å². The van der Waals surface area contributed by atoms with Gasteiger partial charge in [-0.05, 0) is 43.7 Å². The zero-order valence-corrected chi connectivity index (χ0v) is 15.7. The van der Waals surface area contributed by atoms with Crippen molar-refractivity contribution in [3.05, 3.63) is 29.8 Å². The fraction of sp³-hybridized carbons (Fsp3) is 0.550. The average molecular weight is 373 g/mol. The van der Waals surface area contributed by atoms with Crippen LogP contribution in [0.15, 0.2) is 24.3 Å². The van der Waals surface area contributed by atoms with E-state index in [0.29, 0.717) is 36.6 Å². The van der Waals surface area contributed by atoms with Gasteiger partial charge in [0.15, 0.2) is 0 Å². The van der Waals surface area contributed by atoms with Crippen molar-refractivity contribution in [3.8, 4) is 0 Å². The lowest BCUT2D eigenvalue weighted by Crippen LogP contribution is -2.44. The molecule has 0 radical (unpaired) electrons. The molecule has 1 aromatic rings. The number of piperidine rings is 2. The molecule has 7 nitrogen and oxygen atoms in total. The Hall–Kier alpha value is -2.57. The number of para-hydroxylation sites is 1. The third kappa shape index (κ3) is 4.59. The molecule has 2 aliphatic heterocycles. The Bertz CT molecular complexity index is 713. The van der Waals surface area contributed by atoms with Gasteiger partial charge >= 0.3 is 12.0 Å². The van der Waals surface area contributed by atoms with Crippen LogP contribution in [0.3, 0.4) is 0 Å². The number of hydrogen-bond acceptors (Lipinski definition) is 3. The highest BCUT2D eigenvalue weighted by molar-refractivity contribution is 6.03. The Balaban J connectivity index is 1.69. The molecule has 1 unspecified atom stereocenters. The largest absolute Gasteiger partial charge is 0.481 e. The molecular formula is C20H27N3O4. The predicted octanol–water partition coefficient (Wildman–Crippen LogP) is 2.89. The SMILES string of the molecule is CC1CCN(C(=O)c2ccccc2NC(=O)N2CCCC(C(=O)O)C2)CC1. The number of aliphatic carboxylic acids is 1. The number of carbonyl (C=O) groups excluding carboxylic acids is 2. The van der Waals surface area contributed by atoms with Crippen LogP contribution in [0.4, 0.5) is 10.5 Å². The molecule has 3 amide bonds. The van der Waals surface area contributed by atoms with Crippen molar-refractivity contribution in [2.24, 2.45) is 11.8 Å². The molecule has 0 aliphatic carbocycles. The number of likely N-dealkylation sites (tertiary alicyclic amines) is 2. The molecule has 0 saturated carbocycles. The first-order valence-electron chi connectivity index (χ1n) is 9.62. The van der Waals surface area contributed by atoms with E-state index in [4.69, 9.17) is 0 Å².